The number of aryl methyl sites for hydroxylation is 1. The fourth-order valence-electron chi connectivity index (χ4n) is 3.11. The van der Waals surface area contributed by atoms with Gasteiger partial charge < -0.3 is 23.9 Å². The molecule has 28 heavy (non-hydrogen) atoms. The number of nitrogens with zero attached hydrogens (tertiary/aromatic N) is 3. The Kier molecular flexibility index (Phi) is 4.77. The molecule has 1 aromatic carbocycles. The average molecular weight is 382 g/mol. The average Bonchev–Trinajstić information content (AvgIpc) is 3.29. The molecule has 1 aliphatic carbocycles. The second kappa shape index (κ2) is 7.38. The van der Waals surface area contributed by atoms with Crippen LogP contribution in [0.2, 0.25) is 0 Å². The van der Waals surface area contributed by atoms with E-state index in [1.165, 1.54) is 0 Å². The Labute approximate surface area is 162 Å². The first-order valence-corrected chi connectivity index (χ1v) is 9.06. The van der Waals surface area contributed by atoms with Crippen LogP contribution in [0.3, 0.4) is 0 Å². The molecular weight excluding hydrogens is 360 g/mol. The number of carbonyl (C=O) groups is 1. The van der Waals surface area contributed by atoms with Gasteiger partial charge in [0.1, 0.15) is 29.1 Å². The highest BCUT2D eigenvalue weighted by Gasteiger charge is 2.30. The summed E-state index contributed by atoms with van der Waals surface area (Å²) in [5.74, 6) is 2.75. The molecule has 0 bridgehead atoms. The van der Waals surface area contributed by atoms with E-state index in [1.807, 2.05) is 29.9 Å². The van der Waals surface area contributed by atoms with Gasteiger partial charge in [-0.2, -0.15) is 0 Å². The number of hydrogen-bond donors (Lipinski definition) is 1. The van der Waals surface area contributed by atoms with E-state index < -0.39 is 6.04 Å². The monoisotopic (exact) mass is 382 g/mol. The maximum atomic E-state index is 12.9. The zero-order valence-electron chi connectivity index (χ0n) is 16.0. The summed E-state index contributed by atoms with van der Waals surface area (Å²) in [6.07, 6.45) is 5.67. The fourth-order valence-corrected chi connectivity index (χ4v) is 3.11. The third-order valence-electron chi connectivity index (χ3n) is 4.84. The van der Waals surface area contributed by atoms with E-state index in [9.17, 15) is 4.79 Å². The van der Waals surface area contributed by atoms with Crippen molar-refractivity contribution < 1.29 is 18.8 Å². The van der Waals surface area contributed by atoms with Crippen molar-refractivity contribution in [2.45, 2.75) is 24.8 Å². The molecule has 4 rings (SSSR count). The number of rotatable bonds is 7. The van der Waals surface area contributed by atoms with Gasteiger partial charge in [-0.15, -0.1) is 0 Å². The van der Waals surface area contributed by atoms with Gasteiger partial charge >= 0.3 is 0 Å². The molecule has 0 saturated heterocycles. The summed E-state index contributed by atoms with van der Waals surface area (Å²) in [6.45, 7) is 0. The molecule has 146 valence electrons. The first-order valence-electron chi connectivity index (χ1n) is 9.06. The van der Waals surface area contributed by atoms with E-state index in [2.05, 4.69) is 15.5 Å². The van der Waals surface area contributed by atoms with Gasteiger partial charge in [-0.1, -0.05) is 5.16 Å². The summed E-state index contributed by atoms with van der Waals surface area (Å²) in [5.41, 5.74) is 1.04. The summed E-state index contributed by atoms with van der Waals surface area (Å²) in [7, 11) is 5.05. The molecule has 2 aromatic heterocycles. The van der Waals surface area contributed by atoms with Crippen LogP contribution in [0.25, 0.3) is 0 Å². The number of imidazole rings is 1. The van der Waals surface area contributed by atoms with Gasteiger partial charge in [-0.25, -0.2) is 4.98 Å². The van der Waals surface area contributed by atoms with Crippen LogP contribution in [0.5, 0.6) is 11.5 Å². The fraction of sp³-hybridized carbons (Fsp3) is 0.350. The SMILES string of the molecule is COc1cc(OC)cc(C(NC(=O)c2cc(C3CC3)on2)c2nccn2C)c1. The second-order valence-electron chi connectivity index (χ2n) is 6.84. The number of methoxy groups -OCH3 is 2. The van der Waals surface area contributed by atoms with Crippen molar-refractivity contribution in [3.8, 4) is 11.5 Å². The Bertz CT molecular complexity index is 968. The standard InChI is InChI=1S/C20H22N4O4/c1-24-7-6-21-19(24)18(13-8-14(26-2)10-15(9-13)27-3)22-20(25)16-11-17(28-23-16)12-4-5-12/h6-12,18H,4-5H2,1-3H3,(H,22,25). The topological polar surface area (TPSA) is 91.4 Å². The number of nitrogens with one attached hydrogen (secondary N) is 1. The Morgan fingerprint density at radius 3 is 2.50 bits per heavy atom. The predicted molar refractivity (Wildman–Crippen MR) is 101 cm³/mol. The molecule has 8 nitrogen and oxygen atoms in total. The number of ether oxygens (including phenoxy) is 2. The van der Waals surface area contributed by atoms with Crippen LogP contribution in [0, 0.1) is 0 Å². The minimum absolute atomic E-state index is 0.260. The van der Waals surface area contributed by atoms with E-state index in [0.717, 1.165) is 24.2 Å². The van der Waals surface area contributed by atoms with Crippen LogP contribution in [-0.2, 0) is 7.05 Å². The minimum atomic E-state index is -0.516. The summed E-state index contributed by atoms with van der Waals surface area (Å²) >= 11 is 0. The molecule has 1 aliphatic rings. The Balaban J connectivity index is 1.68. The lowest BCUT2D eigenvalue weighted by atomic mass is 10.0. The number of aromatic nitrogens is 3. The highest BCUT2D eigenvalue weighted by molar-refractivity contribution is 5.92. The van der Waals surface area contributed by atoms with Crippen molar-refractivity contribution in [3.05, 3.63) is 59.5 Å². The normalized spacial score (nSPS) is 14.5. The lowest BCUT2D eigenvalue weighted by Crippen LogP contribution is -2.31. The van der Waals surface area contributed by atoms with Crippen molar-refractivity contribution in [2.24, 2.45) is 7.05 Å². The Morgan fingerprint density at radius 1 is 1.21 bits per heavy atom. The minimum Gasteiger partial charge on any atom is -0.497 e. The van der Waals surface area contributed by atoms with Crippen molar-refractivity contribution in [1.29, 1.82) is 0 Å². The lowest BCUT2D eigenvalue weighted by Gasteiger charge is -2.20. The van der Waals surface area contributed by atoms with Crippen LogP contribution in [0.1, 0.15) is 52.4 Å². The molecule has 1 saturated carbocycles. The maximum Gasteiger partial charge on any atom is 0.274 e. The molecule has 0 radical (unpaired) electrons. The first-order chi connectivity index (χ1) is 13.6. The van der Waals surface area contributed by atoms with Gasteiger partial charge in [0.2, 0.25) is 0 Å². The van der Waals surface area contributed by atoms with E-state index in [-0.39, 0.29) is 11.6 Å². The third-order valence-corrected chi connectivity index (χ3v) is 4.84. The molecule has 1 N–H and O–H groups in total. The number of hydrogen-bond acceptors (Lipinski definition) is 6. The zero-order chi connectivity index (χ0) is 19.7. The summed E-state index contributed by atoms with van der Waals surface area (Å²) in [5, 5.41) is 6.94. The number of amides is 1. The smallest absolute Gasteiger partial charge is 0.274 e. The van der Waals surface area contributed by atoms with Crippen molar-refractivity contribution in [3.63, 3.8) is 0 Å². The Hall–Kier alpha value is -3.29. The van der Waals surface area contributed by atoms with Crippen LogP contribution < -0.4 is 14.8 Å². The highest BCUT2D eigenvalue weighted by Crippen LogP contribution is 2.40. The van der Waals surface area contributed by atoms with Gasteiger partial charge in [0, 0.05) is 37.5 Å². The van der Waals surface area contributed by atoms with Crippen LogP contribution >= 0.6 is 0 Å². The summed E-state index contributed by atoms with van der Waals surface area (Å²) < 4.78 is 17.9. The molecule has 1 amide bonds. The van der Waals surface area contributed by atoms with Gasteiger partial charge in [-0.05, 0) is 30.5 Å². The van der Waals surface area contributed by atoms with E-state index in [4.69, 9.17) is 14.0 Å². The zero-order valence-corrected chi connectivity index (χ0v) is 16.0. The van der Waals surface area contributed by atoms with Gasteiger partial charge in [0.25, 0.3) is 5.91 Å². The molecule has 0 spiro atoms. The van der Waals surface area contributed by atoms with E-state index in [0.29, 0.717) is 23.2 Å². The lowest BCUT2D eigenvalue weighted by molar-refractivity contribution is 0.0931. The molecule has 1 fully saturated rings. The maximum absolute atomic E-state index is 12.9. The summed E-state index contributed by atoms with van der Waals surface area (Å²) in [6, 6.07) is 6.67. The van der Waals surface area contributed by atoms with E-state index >= 15 is 0 Å². The van der Waals surface area contributed by atoms with Gasteiger partial charge in [0.05, 0.1) is 14.2 Å². The highest BCUT2D eigenvalue weighted by atomic mass is 16.5. The molecular formula is C20H22N4O4. The van der Waals surface area contributed by atoms with E-state index in [1.54, 1.807) is 32.5 Å². The largest absolute Gasteiger partial charge is 0.497 e. The molecule has 0 aliphatic heterocycles. The quantitative estimate of drug-likeness (QED) is 0.676. The first kappa shape index (κ1) is 18.1. The number of carbonyl (C=O) groups excluding carboxylic acids is 1. The second-order valence-corrected chi connectivity index (χ2v) is 6.84. The van der Waals surface area contributed by atoms with Gasteiger partial charge in [0.15, 0.2) is 5.69 Å². The van der Waals surface area contributed by atoms with Gasteiger partial charge in [-0.3, -0.25) is 4.79 Å². The molecule has 8 heteroatoms. The predicted octanol–water partition coefficient (Wildman–Crippen LogP) is 2.82. The van der Waals surface area contributed by atoms with Crippen molar-refractivity contribution >= 4 is 5.91 Å². The molecule has 3 aromatic rings. The van der Waals surface area contributed by atoms with Crippen molar-refractivity contribution in [2.75, 3.05) is 14.2 Å². The number of benzene rings is 1. The molecule has 1 atom stereocenters. The molecule has 2 heterocycles. The Morgan fingerprint density at radius 2 is 1.93 bits per heavy atom. The van der Waals surface area contributed by atoms with Crippen LogP contribution in [-0.4, -0.2) is 34.8 Å². The van der Waals surface area contributed by atoms with Crippen molar-refractivity contribution in [1.82, 2.24) is 20.0 Å². The van der Waals surface area contributed by atoms with Crippen LogP contribution in [0.4, 0.5) is 0 Å². The molecule has 1 unspecified atom stereocenters. The van der Waals surface area contributed by atoms with Crippen LogP contribution in [0.15, 0.2) is 41.2 Å². The third kappa shape index (κ3) is 3.58. The summed E-state index contributed by atoms with van der Waals surface area (Å²) in [4.78, 5) is 17.3.